The minimum absolute atomic E-state index is 0.289. The molecule has 4 nitrogen and oxygen atoms in total. The smallest absolute Gasteiger partial charge is 0.434 e. The molecule has 118 valence electrons. The van der Waals surface area contributed by atoms with Gasteiger partial charge in [0.2, 0.25) is 0 Å². The molecule has 9 heteroatoms. The maximum absolute atomic E-state index is 13.0. The quantitative estimate of drug-likeness (QED) is 0.588. The molecule has 1 aromatic heterocycles. The Morgan fingerprint density at radius 1 is 1.36 bits per heavy atom. The summed E-state index contributed by atoms with van der Waals surface area (Å²) in [6, 6.07) is 1.32. The number of fused-ring (bicyclic) bond motifs is 1. The number of carbonyl (C=O) groups is 1. The molecule has 22 heavy (non-hydrogen) atoms. The second-order valence-electron chi connectivity index (χ2n) is 5.31. The zero-order valence-electron chi connectivity index (χ0n) is 11.4. The number of halogens is 5. The fraction of sp³-hybridized carbons (Fsp3) is 0.462. The van der Waals surface area contributed by atoms with Crippen LogP contribution in [0.4, 0.5) is 22.0 Å². The Kier molecular flexibility index (Phi) is 3.59. The number of pyridine rings is 1. The molecule has 2 heterocycles. The van der Waals surface area contributed by atoms with Crippen molar-refractivity contribution < 1.29 is 31.5 Å². The minimum Gasteiger partial charge on any atom is -0.456 e. The summed E-state index contributed by atoms with van der Waals surface area (Å²) >= 11 is 0. The number of cyclic esters (lactones) is 1. The molecule has 1 aromatic rings. The molecule has 1 aliphatic rings. The molecule has 0 aliphatic carbocycles. The van der Waals surface area contributed by atoms with E-state index in [4.69, 9.17) is 10.00 Å². The molecule has 0 radical (unpaired) electrons. The molecule has 1 aliphatic heterocycles. The van der Waals surface area contributed by atoms with Gasteiger partial charge in [0.05, 0.1) is 11.1 Å². The van der Waals surface area contributed by atoms with Gasteiger partial charge in [-0.05, 0) is 19.4 Å². The normalized spacial score (nSPS) is 17.0. The third kappa shape index (κ3) is 2.61. The fourth-order valence-electron chi connectivity index (χ4n) is 2.31. The summed E-state index contributed by atoms with van der Waals surface area (Å²) in [4.78, 5) is 14.7. The number of nitriles is 1. The molecule has 0 aromatic carbocycles. The minimum atomic E-state index is -5.09. The van der Waals surface area contributed by atoms with Gasteiger partial charge in [-0.3, -0.25) is 0 Å². The van der Waals surface area contributed by atoms with Gasteiger partial charge in [0.1, 0.15) is 17.4 Å². The molecular formula is C13H9F5N2O2. The Balaban J connectivity index is 2.89. The number of aromatic nitrogens is 1. The zero-order valence-corrected chi connectivity index (χ0v) is 11.4. The average molecular weight is 320 g/mol. The second kappa shape index (κ2) is 4.90. The molecule has 0 spiro atoms. The van der Waals surface area contributed by atoms with E-state index in [1.54, 1.807) is 0 Å². The van der Waals surface area contributed by atoms with E-state index in [2.05, 4.69) is 4.98 Å². The summed E-state index contributed by atoms with van der Waals surface area (Å²) in [5.41, 5.74) is -6.31. The van der Waals surface area contributed by atoms with Gasteiger partial charge in [-0.15, -0.1) is 0 Å². The first-order valence-corrected chi connectivity index (χ1v) is 6.03. The van der Waals surface area contributed by atoms with Crippen molar-refractivity contribution in [3.05, 3.63) is 28.1 Å². The Morgan fingerprint density at radius 3 is 2.41 bits per heavy atom. The molecule has 0 unspecified atom stereocenters. The van der Waals surface area contributed by atoms with Gasteiger partial charge < -0.3 is 4.74 Å². The molecule has 0 N–H and O–H groups in total. The number of ether oxygens (including phenoxy) is 1. The number of nitrogens with zero attached hydrogens (tertiary/aromatic N) is 2. The van der Waals surface area contributed by atoms with Crippen LogP contribution < -0.4 is 0 Å². The van der Waals surface area contributed by atoms with Gasteiger partial charge in [0.25, 0.3) is 6.43 Å². The summed E-state index contributed by atoms with van der Waals surface area (Å²) in [7, 11) is 0. The molecule has 0 atom stereocenters. The van der Waals surface area contributed by atoms with Crippen molar-refractivity contribution in [1.82, 2.24) is 4.98 Å². The highest BCUT2D eigenvalue weighted by Crippen LogP contribution is 2.40. The van der Waals surface area contributed by atoms with Crippen LogP contribution in [0.1, 0.15) is 53.1 Å². The van der Waals surface area contributed by atoms with Crippen LogP contribution >= 0.6 is 0 Å². The lowest BCUT2D eigenvalue weighted by atomic mass is 9.87. The topological polar surface area (TPSA) is 63.0 Å². The van der Waals surface area contributed by atoms with E-state index in [-0.39, 0.29) is 6.42 Å². The van der Waals surface area contributed by atoms with Crippen molar-refractivity contribution in [2.24, 2.45) is 0 Å². The van der Waals surface area contributed by atoms with Crippen molar-refractivity contribution in [1.29, 1.82) is 5.26 Å². The van der Waals surface area contributed by atoms with Crippen molar-refractivity contribution in [2.45, 2.75) is 38.5 Å². The van der Waals surface area contributed by atoms with Crippen LogP contribution in [-0.2, 0) is 17.3 Å². The average Bonchev–Trinajstić information content (AvgIpc) is 2.33. The molecule has 0 amide bonds. The standard InChI is InChI=1S/C13H9F5N2O2/c1-12(2)3-5-6(4-19)9(13(16,17)18)20-8(10(14)15)7(5)11(21)22-12/h10H,3H2,1-2H3. The van der Waals surface area contributed by atoms with E-state index < -0.39 is 52.3 Å². The predicted octanol–water partition coefficient (Wildman–Crippen LogP) is 3.40. The van der Waals surface area contributed by atoms with Gasteiger partial charge in [-0.1, -0.05) is 0 Å². The highest BCUT2D eigenvalue weighted by molar-refractivity contribution is 5.94. The number of alkyl halides is 5. The highest BCUT2D eigenvalue weighted by Gasteiger charge is 2.44. The first-order chi connectivity index (χ1) is 9.98. The van der Waals surface area contributed by atoms with E-state index in [9.17, 15) is 26.7 Å². The van der Waals surface area contributed by atoms with Crippen LogP contribution in [0.25, 0.3) is 0 Å². The van der Waals surface area contributed by atoms with Crippen LogP contribution in [0, 0.1) is 11.3 Å². The third-order valence-electron chi connectivity index (χ3n) is 3.09. The van der Waals surface area contributed by atoms with Crippen LogP contribution in [-0.4, -0.2) is 16.6 Å². The molecule has 2 rings (SSSR count). The number of hydrogen-bond donors (Lipinski definition) is 0. The lowest BCUT2D eigenvalue weighted by Gasteiger charge is -2.32. The van der Waals surface area contributed by atoms with Crippen LogP contribution in [0.5, 0.6) is 0 Å². The van der Waals surface area contributed by atoms with E-state index in [1.165, 1.54) is 19.9 Å². The first kappa shape index (κ1) is 16.1. The van der Waals surface area contributed by atoms with E-state index in [1.807, 2.05) is 0 Å². The first-order valence-electron chi connectivity index (χ1n) is 6.03. The molecule has 0 saturated heterocycles. The van der Waals surface area contributed by atoms with Gasteiger partial charge in [-0.25, -0.2) is 18.6 Å². The van der Waals surface area contributed by atoms with Gasteiger partial charge >= 0.3 is 12.1 Å². The highest BCUT2D eigenvalue weighted by atomic mass is 19.4. The van der Waals surface area contributed by atoms with Crippen molar-refractivity contribution in [2.75, 3.05) is 0 Å². The lowest BCUT2D eigenvalue weighted by molar-refractivity contribution is -0.141. The summed E-state index contributed by atoms with van der Waals surface area (Å²) < 4.78 is 69.8. The Labute approximate surface area is 121 Å². The van der Waals surface area contributed by atoms with Crippen LogP contribution in [0.3, 0.4) is 0 Å². The molecule has 0 fully saturated rings. The van der Waals surface area contributed by atoms with Crippen LogP contribution in [0.2, 0.25) is 0 Å². The van der Waals surface area contributed by atoms with E-state index in [0.29, 0.717) is 0 Å². The maximum atomic E-state index is 13.0. The summed E-state index contributed by atoms with van der Waals surface area (Å²) in [6.45, 7) is 2.81. The Morgan fingerprint density at radius 2 is 1.95 bits per heavy atom. The third-order valence-corrected chi connectivity index (χ3v) is 3.09. The van der Waals surface area contributed by atoms with Crippen LogP contribution in [0.15, 0.2) is 0 Å². The Bertz CT molecular complexity index is 689. The fourth-order valence-corrected chi connectivity index (χ4v) is 2.31. The summed E-state index contributed by atoms with van der Waals surface area (Å²) in [6.07, 6.45) is -8.78. The Hall–Kier alpha value is -2.24. The van der Waals surface area contributed by atoms with Gasteiger partial charge in [0.15, 0.2) is 5.69 Å². The number of hydrogen-bond acceptors (Lipinski definition) is 4. The second-order valence-corrected chi connectivity index (χ2v) is 5.31. The van der Waals surface area contributed by atoms with Crippen molar-refractivity contribution >= 4 is 5.97 Å². The maximum Gasteiger partial charge on any atom is 0.434 e. The van der Waals surface area contributed by atoms with Gasteiger partial charge in [0, 0.05) is 6.42 Å². The predicted molar refractivity (Wildman–Crippen MR) is 62.1 cm³/mol. The molecular weight excluding hydrogens is 311 g/mol. The summed E-state index contributed by atoms with van der Waals surface area (Å²) in [5, 5.41) is 8.99. The van der Waals surface area contributed by atoms with E-state index in [0.717, 1.165) is 0 Å². The SMILES string of the molecule is CC1(C)Cc2c(C#N)c(C(F)(F)F)nc(C(F)F)c2C(=O)O1. The number of esters is 1. The zero-order chi connectivity index (χ0) is 16.9. The number of carbonyl (C=O) groups excluding carboxylic acids is 1. The summed E-state index contributed by atoms with van der Waals surface area (Å²) in [5.74, 6) is -1.21. The largest absolute Gasteiger partial charge is 0.456 e. The molecule has 0 saturated carbocycles. The monoisotopic (exact) mass is 320 g/mol. The molecule has 0 bridgehead atoms. The van der Waals surface area contributed by atoms with E-state index >= 15 is 0 Å². The number of rotatable bonds is 1. The van der Waals surface area contributed by atoms with Gasteiger partial charge in [-0.2, -0.15) is 18.4 Å². The van der Waals surface area contributed by atoms with Crippen molar-refractivity contribution in [3.63, 3.8) is 0 Å². The van der Waals surface area contributed by atoms with Crippen molar-refractivity contribution in [3.8, 4) is 6.07 Å². The lowest BCUT2D eigenvalue weighted by Crippen LogP contribution is -2.38.